The first-order chi connectivity index (χ1) is 8.54. The van der Waals surface area contributed by atoms with Crippen molar-refractivity contribution in [1.82, 2.24) is 14.8 Å². The highest BCUT2D eigenvalue weighted by molar-refractivity contribution is 7.93. The molecule has 0 atom stereocenters. The molecule has 0 spiro atoms. The van der Waals surface area contributed by atoms with Crippen LogP contribution in [-0.2, 0) is 10.0 Å². The van der Waals surface area contributed by atoms with Crippen molar-refractivity contribution in [2.75, 3.05) is 4.72 Å². The van der Waals surface area contributed by atoms with Gasteiger partial charge in [-0.2, -0.15) is 5.26 Å². The molecule has 0 radical (unpaired) electrons. The molecule has 0 aliphatic rings. The summed E-state index contributed by atoms with van der Waals surface area (Å²) in [4.78, 5) is -0.458. The van der Waals surface area contributed by atoms with Crippen molar-refractivity contribution in [3.63, 3.8) is 0 Å². The van der Waals surface area contributed by atoms with Gasteiger partial charge in [-0.1, -0.05) is 15.7 Å². The van der Waals surface area contributed by atoms with Gasteiger partial charge < -0.3 is 0 Å². The maximum Gasteiger partial charge on any atom is 0.265 e. The second-order valence-corrected chi connectivity index (χ2v) is 5.38. The molecule has 10 heteroatoms. The van der Waals surface area contributed by atoms with Crippen LogP contribution in [0.5, 0.6) is 0 Å². The van der Waals surface area contributed by atoms with E-state index in [9.17, 15) is 12.8 Å². The second-order valence-electron chi connectivity index (χ2n) is 3.00. The Balaban J connectivity index is 2.49. The Bertz CT molecular complexity index is 708. The van der Waals surface area contributed by atoms with E-state index in [2.05, 4.69) is 19.5 Å². The molecule has 0 saturated carbocycles. The van der Waals surface area contributed by atoms with Crippen LogP contribution in [0.3, 0.4) is 0 Å². The second kappa shape index (κ2) is 4.63. The first kappa shape index (κ1) is 12.3. The molecule has 2 rings (SSSR count). The van der Waals surface area contributed by atoms with Crippen molar-refractivity contribution in [3.8, 4) is 6.07 Å². The SMILES string of the molecule is N#Cc1c(F)cccc1S(=O)(=O)Nc1nnns1. The van der Waals surface area contributed by atoms with Gasteiger partial charge >= 0.3 is 0 Å². The molecule has 92 valence electrons. The van der Waals surface area contributed by atoms with Gasteiger partial charge in [0.1, 0.15) is 22.3 Å². The van der Waals surface area contributed by atoms with Crippen molar-refractivity contribution in [3.05, 3.63) is 29.6 Å². The minimum Gasteiger partial charge on any atom is -0.252 e. The van der Waals surface area contributed by atoms with Gasteiger partial charge in [-0.3, -0.25) is 4.72 Å². The van der Waals surface area contributed by atoms with Crippen molar-refractivity contribution in [2.24, 2.45) is 0 Å². The summed E-state index contributed by atoms with van der Waals surface area (Å²) in [5.41, 5.74) is -0.553. The zero-order valence-corrected chi connectivity index (χ0v) is 10.2. The number of nitrogens with zero attached hydrogens (tertiary/aromatic N) is 4. The van der Waals surface area contributed by atoms with Crippen LogP contribution in [-0.4, -0.2) is 23.2 Å². The Morgan fingerprint density at radius 2 is 2.22 bits per heavy atom. The summed E-state index contributed by atoms with van der Waals surface area (Å²) < 4.78 is 42.6. The summed E-state index contributed by atoms with van der Waals surface area (Å²) in [7, 11) is -4.09. The van der Waals surface area contributed by atoms with E-state index < -0.39 is 26.3 Å². The number of halogens is 1. The number of nitrogens with one attached hydrogen (secondary N) is 1. The van der Waals surface area contributed by atoms with E-state index >= 15 is 0 Å². The molecule has 1 heterocycles. The Hall–Kier alpha value is -2.12. The van der Waals surface area contributed by atoms with Crippen molar-refractivity contribution in [2.45, 2.75) is 4.90 Å². The molecule has 0 aliphatic heterocycles. The van der Waals surface area contributed by atoms with Crippen LogP contribution in [0.25, 0.3) is 0 Å². The topological polar surface area (TPSA) is 109 Å². The zero-order chi connectivity index (χ0) is 13.2. The smallest absolute Gasteiger partial charge is 0.252 e. The van der Waals surface area contributed by atoms with Gasteiger partial charge in [-0.15, -0.1) is 0 Å². The van der Waals surface area contributed by atoms with Crippen LogP contribution in [0.2, 0.25) is 0 Å². The predicted molar refractivity (Wildman–Crippen MR) is 59.6 cm³/mol. The maximum absolute atomic E-state index is 13.3. The predicted octanol–water partition coefficient (Wildman–Crippen LogP) is 0.745. The van der Waals surface area contributed by atoms with Crippen molar-refractivity contribution >= 4 is 26.7 Å². The van der Waals surface area contributed by atoms with E-state index in [4.69, 9.17) is 5.26 Å². The molecule has 1 aromatic carbocycles. The van der Waals surface area contributed by atoms with E-state index in [0.29, 0.717) is 0 Å². The third-order valence-electron chi connectivity index (χ3n) is 1.90. The molecular formula is C8H4FN5O2S2. The molecule has 0 unspecified atom stereocenters. The highest BCUT2D eigenvalue weighted by Crippen LogP contribution is 2.21. The Morgan fingerprint density at radius 3 is 2.83 bits per heavy atom. The lowest BCUT2D eigenvalue weighted by atomic mass is 10.2. The summed E-state index contributed by atoms with van der Waals surface area (Å²) in [6.07, 6.45) is 0. The number of nitriles is 1. The molecular weight excluding hydrogens is 281 g/mol. The molecule has 0 saturated heterocycles. The highest BCUT2D eigenvalue weighted by Gasteiger charge is 2.22. The summed E-state index contributed by atoms with van der Waals surface area (Å²) in [6, 6.07) is 4.83. The van der Waals surface area contributed by atoms with E-state index in [1.54, 1.807) is 0 Å². The minimum atomic E-state index is -4.09. The third kappa shape index (κ3) is 2.27. The molecule has 0 fully saturated rings. The first-order valence-electron chi connectivity index (χ1n) is 4.41. The number of hydrogen-bond donors (Lipinski definition) is 1. The fourth-order valence-corrected chi connectivity index (χ4v) is 2.93. The Labute approximate surface area is 105 Å². The van der Waals surface area contributed by atoms with E-state index in [1.807, 2.05) is 0 Å². The average molecular weight is 285 g/mol. The fourth-order valence-electron chi connectivity index (χ4n) is 1.18. The molecule has 0 aliphatic carbocycles. The van der Waals surface area contributed by atoms with Gasteiger partial charge in [0.05, 0.1) is 0 Å². The fraction of sp³-hybridized carbons (Fsp3) is 0. The van der Waals surface area contributed by atoms with Gasteiger partial charge in [0.15, 0.2) is 0 Å². The molecule has 7 nitrogen and oxygen atoms in total. The van der Waals surface area contributed by atoms with Gasteiger partial charge in [0.25, 0.3) is 10.0 Å². The summed E-state index contributed by atoms with van der Waals surface area (Å²) in [5.74, 6) is -0.907. The monoisotopic (exact) mass is 285 g/mol. The summed E-state index contributed by atoms with van der Waals surface area (Å²) in [5, 5.41) is 15.3. The Kier molecular flexibility index (Phi) is 3.17. The van der Waals surface area contributed by atoms with Crippen LogP contribution < -0.4 is 4.72 Å². The Morgan fingerprint density at radius 1 is 1.44 bits per heavy atom. The first-order valence-corrected chi connectivity index (χ1v) is 6.67. The number of sulfonamides is 1. The van der Waals surface area contributed by atoms with Crippen LogP contribution in [0.1, 0.15) is 5.56 Å². The highest BCUT2D eigenvalue weighted by atomic mass is 32.2. The van der Waals surface area contributed by atoms with Gasteiger partial charge in [-0.05, 0) is 17.3 Å². The van der Waals surface area contributed by atoms with Crippen LogP contribution in [0.15, 0.2) is 23.1 Å². The standard InChI is InChI=1S/C8H4FN5O2S2/c9-6-2-1-3-7(5(6)4-10)18(15,16)12-8-11-13-14-17-8/h1-3H,(H,11,12,14). The number of anilines is 1. The third-order valence-corrected chi connectivity index (χ3v) is 3.92. The molecule has 1 aromatic heterocycles. The van der Waals surface area contributed by atoms with E-state index in [-0.39, 0.29) is 5.13 Å². The lowest BCUT2D eigenvalue weighted by molar-refractivity contribution is 0.593. The molecule has 0 bridgehead atoms. The molecule has 2 aromatic rings. The normalized spacial score (nSPS) is 10.9. The average Bonchev–Trinajstić information content (AvgIpc) is 2.80. The van der Waals surface area contributed by atoms with Crippen LogP contribution in [0, 0.1) is 17.1 Å². The van der Waals surface area contributed by atoms with Gasteiger partial charge in [-0.25, -0.2) is 12.8 Å². The van der Waals surface area contributed by atoms with Crippen molar-refractivity contribution < 1.29 is 12.8 Å². The number of rotatable bonds is 3. The summed E-state index contributed by atoms with van der Waals surface area (Å²) in [6.45, 7) is 0. The lowest BCUT2D eigenvalue weighted by Crippen LogP contribution is -2.15. The van der Waals surface area contributed by atoms with E-state index in [1.165, 1.54) is 12.1 Å². The number of benzene rings is 1. The van der Waals surface area contributed by atoms with Crippen LogP contribution in [0.4, 0.5) is 9.52 Å². The molecule has 0 amide bonds. The lowest BCUT2D eigenvalue weighted by Gasteiger charge is -2.06. The quantitative estimate of drug-likeness (QED) is 0.891. The molecule has 1 N–H and O–H groups in total. The molecule has 18 heavy (non-hydrogen) atoms. The minimum absolute atomic E-state index is 0.0665. The van der Waals surface area contributed by atoms with Crippen molar-refractivity contribution in [1.29, 1.82) is 5.26 Å². The van der Waals surface area contributed by atoms with Gasteiger partial charge in [0.2, 0.25) is 5.13 Å². The van der Waals surface area contributed by atoms with Crippen LogP contribution >= 0.6 is 11.5 Å². The number of aromatic nitrogens is 3. The summed E-state index contributed by atoms with van der Waals surface area (Å²) >= 11 is 0.723. The number of hydrogen-bond acceptors (Lipinski definition) is 7. The van der Waals surface area contributed by atoms with Gasteiger partial charge in [0, 0.05) is 11.5 Å². The maximum atomic E-state index is 13.3. The van der Waals surface area contributed by atoms with E-state index in [0.717, 1.165) is 23.7 Å². The largest absolute Gasteiger partial charge is 0.265 e. The zero-order valence-electron chi connectivity index (χ0n) is 8.53.